The minimum absolute atomic E-state index is 0.159. The Hall–Kier alpha value is -1.45. The van der Waals surface area contributed by atoms with Crippen molar-refractivity contribution >= 4 is 5.97 Å². The second-order valence-electron chi connectivity index (χ2n) is 5.19. The molecule has 22 heavy (non-hydrogen) atoms. The Labute approximate surface area is 136 Å². The number of carbonyl (C=O) groups excluding carboxylic acids is 1. The number of esters is 1. The van der Waals surface area contributed by atoms with E-state index in [0.717, 1.165) is 25.7 Å². The fourth-order valence-corrected chi connectivity index (χ4v) is 1.82. The summed E-state index contributed by atoms with van der Waals surface area (Å²) in [6.07, 6.45) is 10.3. The molecule has 0 aliphatic carbocycles. The van der Waals surface area contributed by atoms with Gasteiger partial charge in [-0.15, -0.1) is 0 Å². The van der Waals surface area contributed by atoms with Crippen LogP contribution in [0.3, 0.4) is 0 Å². The minimum atomic E-state index is -0.159. The second kappa shape index (κ2) is 17.6. The maximum Gasteiger partial charge on any atom is 0.305 e. The topological polar surface area (TPSA) is 35.5 Å². The number of ether oxygens (including phenoxy) is 2. The van der Waals surface area contributed by atoms with Gasteiger partial charge in [-0.3, -0.25) is 4.79 Å². The monoisotopic (exact) mass is 306 g/mol. The Balaban J connectivity index is 3.40. The van der Waals surface area contributed by atoms with Crippen LogP contribution in [-0.4, -0.2) is 26.3 Å². The molecule has 0 saturated carbocycles. The molecule has 0 aromatic rings. The van der Waals surface area contributed by atoms with Gasteiger partial charge in [-0.25, -0.2) is 0 Å². The maximum absolute atomic E-state index is 11.3. The highest BCUT2D eigenvalue weighted by Crippen LogP contribution is 2.03. The number of carbonyl (C=O) groups is 1. The van der Waals surface area contributed by atoms with E-state index in [0.29, 0.717) is 19.6 Å². The van der Waals surface area contributed by atoms with E-state index in [1.54, 1.807) is 7.11 Å². The SMILES string of the molecule is CCCCCCCC#CC#CCCCCC(=O)OCCOC. The van der Waals surface area contributed by atoms with E-state index in [2.05, 4.69) is 30.6 Å². The molecule has 0 unspecified atom stereocenters. The van der Waals surface area contributed by atoms with Gasteiger partial charge in [-0.2, -0.15) is 0 Å². The van der Waals surface area contributed by atoms with Crippen molar-refractivity contribution in [3.63, 3.8) is 0 Å². The van der Waals surface area contributed by atoms with Gasteiger partial charge in [0.2, 0.25) is 0 Å². The van der Waals surface area contributed by atoms with Crippen LogP contribution in [0.25, 0.3) is 0 Å². The van der Waals surface area contributed by atoms with Crippen molar-refractivity contribution < 1.29 is 14.3 Å². The molecule has 0 saturated heterocycles. The molecule has 124 valence electrons. The van der Waals surface area contributed by atoms with Gasteiger partial charge < -0.3 is 9.47 Å². The zero-order chi connectivity index (χ0) is 16.3. The van der Waals surface area contributed by atoms with Crippen molar-refractivity contribution in [2.45, 2.75) is 71.1 Å². The van der Waals surface area contributed by atoms with Crippen molar-refractivity contribution in [3.8, 4) is 23.7 Å². The summed E-state index contributed by atoms with van der Waals surface area (Å²) in [5.74, 6) is 11.7. The third-order valence-corrected chi connectivity index (χ3v) is 3.13. The van der Waals surface area contributed by atoms with Crippen LogP contribution >= 0.6 is 0 Å². The van der Waals surface area contributed by atoms with E-state index in [4.69, 9.17) is 9.47 Å². The summed E-state index contributed by atoms with van der Waals surface area (Å²) in [5.41, 5.74) is 0. The van der Waals surface area contributed by atoms with Crippen molar-refractivity contribution in [2.75, 3.05) is 20.3 Å². The molecule has 0 atom stereocenters. The summed E-state index contributed by atoms with van der Waals surface area (Å²) in [7, 11) is 1.59. The van der Waals surface area contributed by atoms with Gasteiger partial charge in [0.1, 0.15) is 6.61 Å². The van der Waals surface area contributed by atoms with Crippen LogP contribution in [0.5, 0.6) is 0 Å². The zero-order valence-electron chi connectivity index (χ0n) is 14.2. The molecule has 0 aromatic heterocycles. The summed E-state index contributed by atoms with van der Waals surface area (Å²) >= 11 is 0. The first-order chi connectivity index (χ1) is 10.8. The molecule has 3 nitrogen and oxygen atoms in total. The molecule has 0 aliphatic heterocycles. The lowest BCUT2D eigenvalue weighted by Crippen LogP contribution is -2.09. The van der Waals surface area contributed by atoms with Crippen LogP contribution in [0.1, 0.15) is 71.1 Å². The minimum Gasteiger partial charge on any atom is -0.463 e. The van der Waals surface area contributed by atoms with E-state index < -0.39 is 0 Å². The molecule has 0 radical (unpaired) electrons. The summed E-state index contributed by atoms with van der Waals surface area (Å²) in [5, 5.41) is 0. The molecular weight excluding hydrogens is 276 g/mol. The molecule has 0 aromatic carbocycles. The first kappa shape index (κ1) is 20.6. The molecule has 0 N–H and O–H groups in total. The van der Waals surface area contributed by atoms with Crippen LogP contribution in [-0.2, 0) is 14.3 Å². The fraction of sp³-hybridized carbons (Fsp3) is 0.737. The van der Waals surface area contributed by atoms with E-state index in [-0.39, 0.29) is 5.97 Å². The average molecular weight is 306 g/mol. The van der Waals surface area contributed by atoms with Crippen molar-refractivity contribution in [1.82, 2.24) is 0 Å². The lowest BCUT2D eigenvalue weighted by atomic mass is 10.1. The second-order valence-corrected chi connectivity index (χ2v) is 5.19. The molecule has 0 bridgehead atoms. The Bertz CT molecular complexity index is 379. The van der Waals surface area contributed by atoms with Gasteiger partial charge in [-0.1, -0.05) is 44.4 Å². The van der Waals surface area contributed by atoms with Gasteiger partial charge in [0, 0.05) is 26.4 Å². The van der Waals surface area contributed by atoms with Crippen LogP contribution in [0.2, 0.25) is 0 Å². The Morgan fingerprint density at radius 1 is 0.864 bits per heavy atom. The Morgan fingerprint density at radius 2 is 1.50 bits per heavy atom. The normalized spacial score (nSPS) is 9.36. The van der Waals surface area contributed by atoms with Crippen LogP contribution in [0.15, 0.2) is 0 Å². The lowest BCUT2D eigenvalue weighted by Gasteiger charge is -2.02. The number of rotatable bonds is 12. The Kier molecular flexibility index (Phi) is 16.4. The van der Waals surface area contributed by atoms with E-state index in [1.807, 2.05) is 0 Å². The largest absolute Gasteiger partial charge is 0.463 e. The fourth-order valence-electron chi connectivity index (χ4n) is 1.82. The maximum atomic E-state index is 11.3. The summed E-state index contributed by atoms with van der Waals surface area (Å²) in [6.45, 7) is 3.01. The van der Waals surface area contributed by atoms with E-state index >= 15 is 0 Å². The highest BCUT2D eigenvalue weighted by Gasteiger charge is 2.01. The zero-order valence-corrected chi connectivity index (χ0v) is 14.2. The molecule has 0 spiro atoms. The Morgan fingerprint density at radius 3 is 2.14 bits per heavy atom. The smallest absolute Gasteiger partial charge is 0.305 e. The van der Waals surface area contributed by atoms with Crippen LogP contribution in [0, 0.1) is 23.7 Å². The standard InChI is InChI=1S/C19H30O3/c1-3-4-5-6-7-8-9-10-11-12-13-14-15-16-19(20)22-18-17-21-2/h3-8,13-18H2,1-2H3. The third kappa shape index (κ3) is 16.6. The van der Waals surface area contributed by atoms with Crippen molar-refractivity contribution in [1.29, 1.82) is 0 Å². The number of unbranched alkanes of at least 4 members (excludes halogenated alkanes) is 7. The van der Waals surface area contributed by atoms with Gasteiger partial charge in [0.05, 0.1) is 6.61 Å². The van der Waals surface area contributed by atoms with Crippen LogP contribution < -0.4 is 0 Å². The molecule has 3 heteroatoms. The highest BCUT2D eigenvalue weighted by molar-refractivity contribution is 5.69. The first-order valence-electron chi connectivity index (χ1n) is 8.41. The molecule has 0 heterocycles. The number of hydrogen-bond donors (Lipinski definition) is 0. The lowest BCUT2D eigenvalue weighted by molar-refractivity contribution is -0.145. The van der Waals surface area contributed by atoms with Gasteiger partial charge in [0.25, 0.3) is 0 Å². The van der Waals surface area contributed by atoms with Crippen molar-refractivity contribution in [2.24, 2.45) is 0 Å². The van der Waals surface area contributed by atoms with Crippen molar-refractivity contribution in [3.05, 3.63) is 0 Å². The van der Waals surface area contributed by atoms with Crippen LogP contribution in [0.4, 0.5) is 0 Å². The summed E-state index contributed by atoms with van der Waals surface area (Å²) < 4.78 is 9.77. The van der Waals surface area contributed by atoms with E-state index in [9.17, 15) is 4.79 Å². The highest BCUT2D eigenvalue weighted by atomic mass is 16.6. The molecule has 0 aliphatic rings. The van der Waals surface area contributed by atoms with E-state index in [1.165, 1.54) is 32.1 Å². The molecule has 0 rings (SSSR count). The summed E-state index contributed by atoms with van der Waals surface area (Å²) in [4.78, 5) is 11.3. The third-order valence-electron chi connectivity index (χ3n) is 3.13. The summed E-state index contributed by atoms with van der Waals surface area (Å²) in [6, 6.07) is 0. The number of methoxy groups -OCH3 is 1. The van der Waals surface area contributed by atoms with Gasteiger partial charge >= 0.3 is 5.97 Å². The van der Waals surface area contributed by atoms with Gasteiger partial charge in [0.15, 0.2) is 0 Å². The predicted molar refractivity (Wildman–Crippen MR) is 90.2 cm³/mol. The average Bonchev–Trinajstić information content (AvgIpc) is 2.52. The first-order valence-corrected chi connectivity index (χ1v) is 8.41. The predicted octanol–water partition coefficient (Wildman–Crippen LogP) is 4.10. The molecule has 0 amide bonds. The van der Waals surface area contributed by atoms with Gasteiger partial charge in [-0.05, 0) is 31.1 Å². The molecule has 0 fully saturated rings. The molecular formula is C19H30O3. The quantitative estimate of drug-likeness (QED) is 0.309. The number of hydrogen-bond acceptors (Lipinski definition) is 3.